The first-order valence-corrected chi connectivity index (χ1v) is 9.10. The molecule has 2 N–H and O–H groups in total. The highest BCUT2D eigenvalue weighted by Gasteiger charge is 2.45. The van der Waals surface area contributed by atoms with Crippen LogP contribution < -0.4 is 5.73 Å². The number of rotatable bonds is 3. The minimum atomic E-state index is 0.355. The predicted molar refractivity (Wildman–Crippen MR) is 85.6 cm³/mol. The molecule has 3 fully saturated rings. The molecule has 0 bridgehead atoms. The topological polar surface area (TPSA) is 29.3 Å². The molecule has 0 amide bonds. The molecule has 1 saturated heterocycles. The van der Waals surface area contributed by atoms with Gasteiger partial charge in [-0.15, -0.1) is 0 Å². The summed E-state index contributed by atoms with van der Waals surface area (Å²) in [6.45, 7) is 8.40. The van der Waals surface area contributed by atoms with Crippen molar-refractivity contribution in [1.29, 1.82) is 0 Å². The minimum absolute atomic E-state index is 0.355. The van der Waals surface area contributed by atoms with E-state index < -0.39 is 0 Å². The lowest BCUT2D eigenvalue weighted by molar-refractivity contribution is 0.0936. The zero-order chi connectivity index (χ0) is 14.2. The van der Waals surface area contributed by atoms with Crippen molar-refractivity contribution in [2.75, 3.05) is 19.6 Å². The van der Waals surface area contributed by atoms with Crippen molar-refractivity contribution in [3.63, 3.8) is 0 Å². The highest BCUT2D eigenvalue weighted by Crippen LogP contribution is 2.44. The molecule has 20 heavy (non-hydrogen) atoms. The van der Waals surface area contributed by atoms with Gasteiger partial charge in [-0.2, -0.15) is 0 Å². The molecule has 2 nitrogen and oxygen atoms in total. The van der Waals surface area contributed by atoms with Crippen LogP contribution >= 0.6 is 0 Å². The number of nitrogens with zero attached hydrogens (tertiary/aromatic N) is 1. The lowest BCUT2D eigenvalue weighted by atomic mass is 9.85. The van der Waals surface area contributed by atoms with Crippen LogP contribution in [0.1, 0.15) is 65.2 Å². The van der Waals surface area contributed by atoms with Crippen LogP contribution in [0.2, 0.25) is 0 Å². The molecule has 2 saturated carbocycles. The summed E-state index contributed by atoms with van der Waals surface area (Å²) in [5, 5.41) is 0. The lowest BCUT2D eigenvalue weighted by Gasteiger charge is -2.41. The third-order valence-corrected chi connectivity index (χ3v) is 6.92. The van der Waals surface area contributed by atoms with Crippen LogP contribution in [0.3, 0.4) is 0 Å². The highest BCUT2D eigenvalue weighted by atomic mass is 15.2. The molecule has 3 rings (SSSR count). The Morgan fingerprint density at radius 3 is 2.30 bits per heavy atom. The molecule has 0 aromatic rings. The maximum absolute atomic E-state index is 6.32. The fourth-order valence-corrected chi connectivity index (χ4v) is 5.36. The Kier molecular flexibility index (Phi) is 4.42. The average Bonchev–Trinajstić information content (AvgIpc) is 2.94. The smallest absolute Gasteiger partial charge is 0.0332 e. The van der Waals surface area contributed by atoms with Crippen LogP contribution in [-0.4, -0.2) is 30.1 Å². The van der Waals surface area contributed by atoms with E-state index in [0.717, 1.165) is 30.2 Å². The van der Waals surface area contributed by atoms with Gasteiger partial charge in [-0.05, 0) is 55.8 Å². The second-order valence-electron chi connectivity index (χ2n) is 8.22. The van der Waals surface area contributed by atoms with Crippen molar-refractivity contribution in [1.82, 2.24) is 4.90 Å². The monoisotopic (exact) mass is 278 g/mol. The van der Waals surface area contributed by atoms with Crippen LogP contribution in [-0.2, 0) is 0 Å². The molecular weight excluding hydrogens is 244 g/mol. The fourth-order valence-electron chi connectivity index (χ4n) is 5.36. The zero-order valence-corrected chi connectivity index (χ0v) is 13.6. The Morgan fingerprint density at radius 1 is 1.00 bits per heavy atom. The van der Waals surface area contributed by atoms with Crippen LogP contribution in [0.25, 0.3) is 0 Å². The van der Waals surface area contributed by atoms with Gasteiger partial charge in [0, 0.05) is 25.2 Å². The summed E-state index contributed by atoms with van der Waals surface area (Å²) in [7, 11) is 0. The van der Waals surface area contributed by atoms with E-state index in [9.17, 15) is 0 Å². The lowest BCUT2D eigenvalue weighted by Crippen LogP contribution is -2.53. The summed E-state index contributed by atoms with van der Waals surface area (Å²) < 4.78 is 0. The van der Waals surface area contributed by atoms with E-state index in [0.29, 0.717) is 5.54 Å². The Labute approximate surface area is 125 Å². The van der Waals surface area contributed by atoms with Crippen LogP contribution in [0.5, 0.6) is 0 Å². The minimum Gasteiger partial charge on any atom is -0.329 e. The van der Waals surface area contributed by atoms with Gasteiger partial charge in [-0.1, -0.05) is 33.1 Å². The van der Waals surface area contributed by atoms with Crippen molar-refractivity contribution in [3.05, 3.63) is 0 Å². The van der Waals surface area contributed by atoms with Crippen molar-refractivity contribution >= 4 is 0 Å². The van der Waals surface area contributed by atoms with Gasteiger partial charge < -0.3 is 5.73 Å². The van der Waals surface area contributed by atoms with E-state index >= 15 is 0 Å². The SMILES string of the molecule is CC(C)C1CCCC(CN)(N2CC3CCCC3C2)CC1. The normalized spacial score (nSPS) is 42.9. The van der Waals surface area contributed by atoms with Crippen LogP contribution in [0, 0.1) is 23.7 Å². The molecule has 2 heteroatoms. The van der Waals surface area contributed by atoms with Crippen molar-refractivity contribution in [2.24, 2.45) is 29.4 Å². The molecule has 4 unspecified atom stereocenters. The Hall–Kier alpha value is -0.0800. The second kappa shape index (κ2) is 5.96. The predicted octanol–water partition coefficient (Wildman–Crippen LogP) is 3.65. The standard InChI is InChI=1S/C18H34N2/c1-14(2)15-7-4-9-18(13-19,10-8-15)20-11-16-5-3-6-17(16)12-20/h14-17H,3-13,19H2,1-2H3. The fraction of sp³-hybridized carbons (Fsp3) is 1.00. The molecule has 0 aromatic heterocycles. The maximum atomic E-state index is 6.32. The van der Waals surface area contributed by atoms with E-state index in [-0.39, 0.29) is 0 Å². The van der Waals surface area contributed by atoms with E-state index in [2.05, 4.69) is 18.7 Å². The van der Waals surface area contributed by atoms with Gasteiger partial charge in [-0.3, -0.25) is 4.90 Å². The first-order chi connectivity index (χ1) is 9.64. The van der Waals surface area contributed by atoms with Gasteiger partial charge in [0.25, 0.3) is 0 Å². The number of hydrogen-bond acceptors (Lipinski definition) is 2. The zero-order valence-electron chi connectivity index (χ0n) is 13.6. The average molecular weight is 278 g/mol. The van der Waals surface area contributed by atoms with Gasteiger partial charge in [0.1, 0.15) is 0 Å². The number of hydrogen-bond donors (Lipinski definition) is 1. The van der Waals surface area contributed by atoms with Gasteiger partial charge in [0.15, 0.2) is 0 Å². The third-order valence-electron chi connectivity index (χ3n) is 6.92. The molecule has 0 aromatic carbocycles. The molecule has 4 atom stereocenters. The summed E-state index contributed by atoms with van der Waals surface area (Å²) >= 11 is 0. The van der Waals surface area contributed by atoms with Gasteiger partial charge in [-0.25, -0.2) is 0 Å². The first-order valence-electron chi connectivity index (χ1n) is 9.10. The number of nitrogens with two attached hydrogens (primary N) is 1. The van der Waals surface area contributed by atoms with E-state index in [1.54, 1.807) is 0 Å². The van der Waals surface area contributed by atoms with Gasteiger partial charge in [0.05, 0.1) is 0 Å². The Morgan fingerprint density at radius 2 is 1.70 bits per heavy atom. The summed E-state index contributed by atoms with van der Waals surface area (Å²) in [6.07, 6.45) is 11.4. The first kappa shape index (κ1) is 14.8. The molecule has 116 valence electrons. The molecule has 2 aliphatic carbocycles. The second-order valence-corrected chi connectivity index (χ2v) is 8.22. The molecule has 1 aliphatic heterocycles. The van der Waals surface area contributed by atoms with Gasteiger partial charge in [0.2, 0.25) is 0 Å². The van der Waals surface area contributed by atoms with E-state index in [1.165, 1.54) is 64.5 Å². The van der Waals surface area contributed by atoms with Crippen molar-refractivity contribution in [2.45, 2.75) is 70.8 Å². The van der Waals surface area contributed by atoms with Crippen LogP contribution in [0.15, 0.2) is 0 Å². The number of likely N-dealkylation sites (tertiary alicyclic amines) is 1. The van der Waals surface area contributed by atoms with E-state index in [4.69, 9.17) is 5.73 Å². The summed E-state index contributed by atoms with van der Waals surface area (Å²) in [6, 6.07) is 0. The van der Waals surface area contributed by atoms with Crippen LogP contribution in [0.4, 0.5) is 0 Å². The van der Waals surface area contributed by atoms with Crippen molar-refractivity contribution in [3.8, 4) is 0 Å². The molecular formula is C18H34N2. The van der Waals surface area contributed by atoms with Gasteiger partial charge >= 0.3 is 0 Å². The highest BCUT2D eigenvalue weighted by molar-refractivity contribution is 5.00. The van der Waals surface area contributed by atoms with E-state index in [1.807, 2.05) is 0 Å². The number of fused-ring (bicyclic) bond motifs is 1. The van der Waals surface area contributed by atoms with Crippen molar-refractivity contribution < 1.29 is 0 Å². The molecule has 1 heterocycles. The maximum Gasteiger partial charge on any atom is 0.0332 e. The molecule has 0 spiro atoms. The molecule has 3 aliphatic rings. The summed E-state index contributed by atoms with van der Waals surface area (Å²) in [5.41, 5.74) is 6.67. The Bertz CT molecular complexity index is 315. The quantitative estimate of drug-likeness (QED) is 0.798. The third kappa shape index (κ3) is 2.66. The summed E-state index contributed by atoms with van der Waals surface area (Å²) in [5.74, 6) is 3.79. The summed E-state index contributed by atoms with van der Waals surface area (Å²) in [4.78, 5) is 2.84. The largest absolute Gasteiger partial charge is 0.329 e. The molecule has 0 radical (unpaired) electrons. The Balaban J connectivity index is 1.68.